The predicted octanol–water partition coefficient (Wildman–Crippen LogP) is 2.99. The zero-order valence-corrected chi connectivity index (χ0v) is 12.7. The van der Waals surface area contributed by atoms with Crippen molar-refractivity contribution >= 4 is 38.8 Å². The Morgan fingerprint density at radius 2 is 2.39 bits per heavy atom. The fraction of sp³-hybridized carbons (Fsp3) is 0.538. The number of nitrogens with zero attached hydrogens (tertiary/aromatic N) is 1. The van der Waals surface area contributed by atoms with Gasteiger partial charge in [-0.2, -0.15) is 0 Å². The smallest absolute Gasteiger partial charge is 0.187 e. The molecular weight excluding hydrogens is 314 g/mol. The summed E-state index contributed by atoms with van der Waals surface area (Å²) >= 11 is 4.85. The lowest BCUT2D eigenvalue weighted by atomic mass is 9.94. The zero-order valence-electron chi connectivity index (χ0n) is 10.3. The summed E-state index contributed by atoms with van der Waals surface area (Å²) in [6, 6.07) is 1.90. The van der Waals surface area contributed by atoms with E-state index in [-0.39, 0.29) is 11.7 Å². The Morgan fingerprint density at radius 3 is 3.00 bits per heavy atom. The van der Waals surface area contributed by atoms with E-state index in [1.807, 2.05) is 18.4 Å². The number of hydrogen-bond donors (Lipinski definition) is 0. The van der Waals surface area contributed by atoms with Crippen LogP contribution in [0.5, 0.6) is 0 Å². The highest BCUT2D eigenvalue weighted by atomic mass is 79.9. The molecule has 0 bridgehead atoms. The van der Waals surface area contributed by atoms with Crippen LogP contribution in [-0.4, -0.2) is 36.1 Å². The number of ketones is 2. The van der Waals surface area contributed by atoms with Crippen molar-refractivity contribution < 1.29 is 9.59 Å². The molecule has 2 heterocycles. The van der Waals surface area contributed by atoms with E-state index in [9.17, 15) is 9.59 Å². The summed E-state index contributed by atoms with van der Waals surface area (Å²) in [5.74, 6) is 0.595. The minimum absolute atomic E-state index is 0.110. The van der Waals surface area contributed by atoms with E-state index in [2.05, 4.69) is 20.8 Å². The SMILES string of the molecule is CCC1CN(CC(=O)c2sccc2Br)CCC1=O. The van der Waals surface area contributed by atoms with Crippen molar-refractivity contribution in [2.75, 3.05) is 19.6 Å². The summed E-state index contributed by atoms with van der Waals surface area (Å²) in [6.07, 6.45) is 1.45. The van der Waals surface area contributed by atoms with Crippen LogP contribution in [0.25, 0.3) is 0 Å². The van der Waals surface area contributed by atoms with Gasteiger partial charge in [0, 0.05) is 29.9 Å². The Hall–Kier alpha value is -0.520. The van der Waals surface area contributed by atoms with Crippen molar-refractivity contribution in [1.29, 1.82) is 0 Å². The van der Waals surface area contributed by atoms with E-state index >= 15 is 0 Å². The van der Waals surface area contributed by atoms with Crippen molar-refractivity contribution in [3.63, 3.8) is 0 Å². The number of carbonyl (C=O) groups excluding carboxylic acids is 2. The predicted molar refractivity (Wildman–Crippen MR) is 76.2 cm³/mol. The Bertz CT molecular complexity index is 458. The molecule has 1 atom stereocenters. The van der Waals surface area contributed by atoms with E-state index in [1.165, 1.54) is 11.3 Å². The van der Waals surface area contributed by atoms with E-state index in [0.29, 0.717) is 25.3 Å². The molecule has 1 aliphatic heterocycles. The Labute approximate surface area is 119 Å². The van der Waals surface area contributed by atoms with Crippen molar-refractivity contribution in [3.05, 3.63) is 20.8 Å². The summed E-state index contributed by atoms with van der Waals surface area (Å²) in [7, 11) is 0. The van der Waals surface area contributed by atoms with Gasteiger partial charge in [-0.1, -0.05) is 6.92 Å². The summed E-state index contributed by atoms with van der Waals surface area (Å²) in [5.41, 5.74) is 0. The molecule has 0 spiro atoms. The number of hydrogen-bond acceptors (Lipinski definition) is 4. The molecule has 1 unspecified atom stereocenters. The van der Waals surface area contributed by atoms with Gasteiger partial charge < -0.3 is 0 Å². The minimum atomic E-state index is 0.110. The quantitative estimate of drug-likeness (QED) is 0.797. The van der Waals surface area contributed by atoms with Gasteiger partial charge in [0.2, 0.25) is 0 Å². The fourth-order valence-electron chi connectivity index (χ4n) is 2.25. The zero-order chi connectivity index (χ0) is 13.1. The lowest BCUT2D eigenvalue weighted by Crippen LogP contribution is -2.42. The van der Waals surface area contributed by atoms with Crippen molar-refractivity contribution in [2.24, 2.45) is 5.92 Å². The standard InChI is InChI=1S/C13H16BrNO2S/c1-2-9-7-15(5-3-11(9)16)8-12(17)13-10(14)4-6-18-13/h4,6,9H,2-3,5,7-8H2,1H3. The number of likely N-dealkylation sites (tertiary alicyclic amines) is 1. The topological polar surface area (TPSA) is 37.4 Å². The molecule has 0 amide bonds. The maximum atomic E-state index is 12.1. The summed E-state index contributed by atoms with van der Waals surface area (Å²) in [4.78, 5) is 26.6. The van der Waals surface area contributed by atoms with E-state index in [1.54, 1.807) is 0 Å². The van der Waals surface area contributed by atoms with Gasteiger partial charge in [0.1, 0.15) is 5.78 Å². The maximum absolute atomic E-state index is 12.1. The number of rotatable bonds is 4. The molecule has 0 aromatic carbocycles. The highest BCUT2D eigenvalue weighted by Crippen LogP contribution is 2.24. The third-order valence-corrected chi connectivity index (χ3v) is 5.22. The number of Topliss-reactive ketones (excluding diaryl/α,β-unsaturated/α-hetero) is 2. The van der Waals surface area contributed by atoms with Crippen LogP contribution in [-0.2, 0) is 4.79 Å². The number of piperidine rings is 1. The molecule has 0 saturated carbocycles. The third-order valence-electron chi connectivity index (χ3n) is 3.34. The number of halogens is 1. The van der Waals surface area contributed by atoms with Gasteiger partial charge >= 0.3 is 0 Å². The summed E-state index contributed by atoms with van der Waals surface area (Å²) in [5, 5.41) is 1.91. The summed E-state index contributed by atoms with van der Waals surface area (Å²) in [6.45, 7) is 3.89. The number of carbonyl (C=O) groups is 2. The van der Waals surface area contributed by atoms with Crippen LogP contribution in [0, 0.1) is 5.92 Å². The van der Waals surface area contributed by atoms with Crippen LogP contribution in [0.2, 0.25) is 0 Å². The van der Waals surface area contributed by atoms with Gasteiger partial charge in [0.15, 0.2) is 5.78 Å². The minimum Gasteiger partial charge on any atom is -0.299 e. The molecule has 5 heteroatoms. The summed E-state index contributed by atoms with van der Waals surface area (Å²) < 4.78 is 0.873. The van der Waals surface area contributed by atoms with Crippen molar-refractivity contribution in [3.8, 4) is 0 Å². The van der Waals surface area contributed by atoms with Crippen molar-refractivity contribution in [2.45, 2.75) is 19.8 Å². The highest BCUT2D eigenvalue weighted by Gasteiger charge is 2.27. The molecule has 2 rings (SSSR count). The molecule has 98 valence electrons. The van der Waals surface area contributed by atoms with Crippen LogP contribution < -0.4 is 0 Å². The second kappa shape index (κ2) is 6.08. The van der Waals surface area contributed by atoms with E-state index in [4.69, 9.17) is 0 Å². The molecule has 18 heavy (non-hydrogen) atoms. The molecular formula is C13H16BrNO2S. The van der Waals surface area contributed by atoms with Gasteiger partial charge in [-0.3, -0.25) is 14.5 Å². The molecule has 1 aliphatic rings. The average Bonchev–Trinajstić information content (AvgIpc) is 2.78. The first-order valence-electron chi connectivity index (χ1n) is 6.13. The van der Waals surface area contributed by atoms with Crippen LogP contribution in [0.15, 0.2) is 15.9 Å². The van der Waals surface area contributed by atoms with Crippen molar-refractivity contribution in [1.82, 2.24) is 4.90 Å². The van der Waals surface area contributed by atoms with Gasteiger partial charge in [0.25, 0.3) is 0 Å². The number of thiophene rings is 1. The van der Waals surface area contributed by atoms with Gasteiger partial charge in [0.05, 0.1) is 11.4 Å². The van der Waals surface area contributed by atoms with Gasteiger partial charge in [-0.15, -0.1) is 11.3 Å². The first-order chi connectivity index (χ1) is 8.61. The van der Waals surface area contributed by atoms with Gasteiger partial charge in [-0.05, 0) is 33.8 Å². The largest absolute Gasteiger partial charge is 0.299 e. The molecule has 0 N–H and O–H groups in total. The van der Waals surface area contributed by atoms with E-state index in [0.717, 1.165) is 22.3 Å². The first kappa shape index (κ1) is 13.9. The van der Waals surface area contributed by atoms with Gasteiger partial charge in [-0.25, -0.2) is 0 Å². The molecule has 1 aromatic rings. The Balaban J connectivity index is 1.96. The molecule has 1 fully saturated rings. The Morgan fingerprint density at radius 1 is 1.61 bits per heavy atom. The second-order valence-corrected chi connectivity index (χ2v) is 6.35. The second-order valence-electron chi connectivity index (χ2n) is 4.58. The lowest BCUT2D eigenvalue weighted by Gasteiger charge is -2.30. The average molecular weight is 330 g/mol. The van der Waals surface area contributed by atoms with E-state index < -0.39 is 0 Å². The Kier molecular flexibility index (Phi) is 4.70. The maximum Gasteiger partial charge on any atom is 0.187 e. The fourth-order valence-corrected chi connectivity index (χ4v) is 3.77. The molecule has 3 nitrogen and oxygen atoms in total. The van der Waals surface area contributed by atoms with Crippen LogP contribution in [0.4, 0.5) is 0 Å². The van der Waals surface area contributed by atoms with Crippen LogP contribution >= 0.6 is 27.3 Å². The first-order valence-corrected chi connectivity index (χ1v) is 7.80. The molecule has 0 aliphatic carbocycles. The molecule has 0 radical (unpaired) electrons. The monoisotopic (exact) mass is 329 g/mol. The molecule has 1 aromatic heterocycles. The van der Waals surface area contributed by atoms with Crippen LogP contribution in [0.1, 0.15) is 29.4 Å². The normalized spacial score (nSPS) is 21.2. The molecule has 1 saturated heterocycles. The third kappa shape index (κ3) is 3.08. The lowest BCUT2D eigenvalue weighted by molar-refractivity contribution is -0.126. The highest BCUT2D eigenvalue weighted by molar-refractivity contribution is 9.10. The van der Waals surface area contributed by atoms with Crippen LogP contribution in [0.3, 0.4) is 0 Å².